The van der Waals surface area contributed by atoms with Crippen LogP contribution in [0.25, 0.3) is 0 Å². The van der Waals surface area contributed by atoms with E-state index < -0.39 is 0 Å². The number of benzene rings is 1. The highest BCUT2D eigenvalue weighted by molar-refractivity contribution is 5.33. The summed E-state index contributed by atoms with van der Waals surface area (Å²) >= 11 is 0. The van der Waals surface area contributed by atoms with Crippen molar-refractivity contribution in [3.05, 3.63) is 34.9 Å². The number of hydrogen-bond donors (Lipinski definition) is 1. The molecule has 21 heavy (non-hydrogen) atoms. The van der Waals surface area contributed by atoms with Crippen LogP contribution in [0, 0.1) is 19.8 Å². The van der Waals surface area contributed by atoms with Crippen molar-refractivity contribution >= 4 is 0 Å². The van der Waals surface area contributed by atoms with E-state index in [0.29, 0.717) is 12.0 Å². The van der Waals surface area contributed by atoms with E-state index in [2.05, 4.69) is 70.0 Å². The van der Waals surface area contributed by atoms with Gasteiger partial charge in [-0.15, -0.1) is 0 Å². The van der Waals surface area contributed by atoms with E-state index in [1.165, 1.54) is 23.1 Å². The molecule has 1 saturated heterocycles. The van der Waals surface area contributed by atoms with Gasteiger partial charge in [-0.05, 0) is 49.8 Å². The minimum Gasteiger partial charge on any atom is -0.309 e. The average Bonchev–Trinajstić information content (AvgIpc) is 2.43. The zero-order valence-corrected chi connectivity index (χ0v) is 14.7. The van der Waals surface area contributed by atoms with Crippen molar-refractivity contribution in [2.24, 2.45) is 5.92 Å². The van der Waals surface area contributed by atoms with Crippen LogP contribution in [0.4, 0.5) is 0 Å². The maximum absolute atomic E-state index is 3.78. The molecule has 2 heteroatoms. The third-order valence-electron chi connectivity index (χ3n) is 5.31. The van der Waals surface area contributed by atoms with E-state index in [4.69, 9.17) is 0 Å². The molecule has 0 aliphatic carbocycles. The Morgan fingerprint density at radius 3 is 2.43 bits per heavy atom. The molecule has 118 valence electrons. The van der Waals surface area contributed by atoms with Crippen molar-refractivity contribution in [2.45, 2.75) is 66.1 Å². The van der Waals surface area contributed by atoms with E-state index in [0.717, 1.165) is 19.6 Å². The van der Waals surface area contributed by atoms with Crippen LogP contribution in [-0.2, 0) is 6.54 Å². The predicted octanol–water partition coefficient (Wildman–Crippen LogP) is 3.90. The number of hydrogen-bond acceptors (Lipinski definition) is 2. The first-order valence-electron chi connectivity index (χ1n) is 8.40. The number of rotatable bonds is 4. The molecule has 0 saturated carbocycles. The van der Waals surface area contributed by atoms with Crippen molar-refractivity contribution in [1.82, 2.24) is 10.2 Å². The molecule has 1 aromatic rings. The topological polar surface area (TPSA) is 15.3 Å². The first-order chi connectivity index (χ1) is 9.86. The van der Waals surface area contributed by atoms with Crippen LogP contribution in [0.3, 0.4) is 0 Å². The zero-order chi connectivity index (χ0) is 15.6. The summed E-state index contributed by atoms with van der Waals surface area (Å²) in [6.45, 7) is 17.2. The molecule has 1 aliphatic heterocycles. The van der Waals surface area contributed by atoms with Crippen LogP contribution in [-0.4, -0.2) is 29.6 Å². The molecule has 1 aliphatic rings. The van der Waals surface area contributed by atoms with Crippen LogP contribution in [0.2, 0.25) is 0 Å². The van der Waals surface area contributed by atoms with Gasteiger partial charge < -0.3 is 5.32 Å². The molecule has 0 radical (unpaired) electrons. The molecule has 0 spiro atoms. The third kappa shape index (κ3) is 3.67. The first kappa shape index (κ1) is 16.5. The molecule has 1 aromatic carbocycles. The lowest BCUT2D eigenvalue weighted by molar-refractivity contribution is 0.0536. The van der Waals surface area contributed by atoms with Gasteiger partial charge in [0.15, 0.2) is 0 Å². The Bertz CT molecular complexity index is 460. The Hall–Kier alpha value is -0.860. The summed E-state index contributed by atoms with van der Waals surface area (Å²) in [5.74, 6) is 0.684. The fourth-order valence-electron chi connectivity index (χ4n) is 3.47. The smallest absolute Gasteiger partial charge is 0.0278 e. The maximum Gasteiger partial charge on any atom is 0.0278 e. The Morgan fingerprint density at radius 2 is 1.90 bits per heavy atom. The minimum atomic E-state index is 0.252. The van der Waals surface area contributed by atoms with E-state index in [1.807, 2.05) is 0 Å². The second-order valence-corrected chi connectivity index (χ2v) is 7.38. The number of piperazine rings is 1. The number of nitrogens with one attached hydrogen (secondary N) is 1. The van der Waals surface area contributed by atoms with Crippen molar-refractivity contribution in [3.63, 3.8) is 0 Å². The van der Waals surface area contributed by atoms with Crippen molar-refractivity contribution in [1.29, 1.82) is 0 Å². The summed E-state index contributed by atoms with van der Waals surface area (Å²) in [5.41, 5.74) is 4.62. The van der Waals surface area contributed by atoms with Gasteiger partial charge in [0, 0.05) is 31.2 Å². The third-order valence-corrected chi connectivity index (χ3v) is 5.31. The van der Waals surface area contributed by atoms with Crippen LogP contribution in [0.15, 0.2) is 18.2 Å². The van der Waals surface area contributed by atoms with E-state index in [-0.39, 0.29) is 5.54 Å². The average molecular weight is 288 g/mol. The van der Waals surface area contributed by atoms with Crippen LogP contribution in [0.1, 0.15) is 50.8 Å². The van der Waals surface area contributed by atoms with E-state index in [1.54, 1.807) is 0 Å². The molecule has 1 fully saturated rings. The highest BCUT2D eigenvalue weighted by atomic mass is 15.3. The van der Waals surface area contributed by atoms with Crippen LogP contribution < -0.4 is 5.32 Å². The molecule has 0 amide bonds. The van der Waals surface area contributed by atoms with Gasteiger partial charge in [0.05, 0.1) is 0 Å². The molecular formula is C19H32N2. The molecule has 2 atom stereocenters. The van der Waals surface area contributed by atoms with Crippen molar-refractivity contribution in [2.75, 3.05) is 13.1 Å². The first-order valence-corrected chi connectivity index (χ1v) is 8.40. The van der Waals surface area contributed by atoms with Gasteiger partial charge in [0.25, 0.3) is 0 Å². The van der Waals surface area contributed by atoms with Gasteiger partial charge in [0.1, 0.15) is 0 Å². The lowest BCUT2D eigenvalue weighted by atomic mass is 9.89. The number of aryl methyl sites for hydroxylation is 2. The SMILES string of the molecule is CCC1(C)CN(Cc2c(C)cccc2C)C(C(C)C)CN1. The summed E-state index contributed by atoms with van der Waals surface area (Å²) in [7, 11) is 0. The molecule has 2 rings (SSSR count). The highest BCUT2D eigenvalue weighted by Crippen LogP contribution is 2.26. The Kier molecular flexibility index (Phi) is 5.11. The van der Waals surface area contributed by atoms with Crippen molar-refractivity contribution < 1.29 is 0 Å². The zero-order valence-electron chi connectivity index (χ0n) is 14.7. The summed E-state index contributed by atoms with van der Waals surface area (Å²) in [6, 6.07) is 7.28. The highest BCUT2D eigenvalue weighted by Gasteiger charge is 2.35. The molecule has 2 nitrogen and oxygen atoms in total. The standard InChI is InChI=1S/C19H32N2/c1-7-19(6)13-21(18(11-20-19)14(2)3)12-17-15(4)9-8-10-16(17)5/h8-10,14,18,20H,7,11-13H2,1-6H3. The molecule has 1 heterocycles. The molecular weight excluding hydrogens is 256 g/mol. The number of nitrogens with zero attached hydrogens (tertiary/aromatic N) is 1. The summed E-state index contributed by atoms with van der Waals surface area (Å²) in [5, 5.41) is 3.78. The second kappa shape index (κ2) is 6.50. The fourth-order valence-corrected chi connectivity index (χ4v) is 3.47. The fraction of sp³-hybridized carbons (Fsp3) is 0.684. The maximum atomic E-state index is 3.78. The summed E-state index contributed by atoms with van der Waals surface area (Å²) in [6.07, 6.45) is 1.18. The Morgan fingerprint density at radius 1 is 1.29 bits per heavy atom. The lowest BCUT2D eigenvalue weighted by Gasteiger charge is -2.48. The van der Waals surface area contributed by atoms with Crippen molar-refractivity contribution in [3.8, 4) is 0 Å². The normalized spacial score (nSPS) is 27.3. The van der Waals surface area contributed by atoms with Gasteiger partial charge in [-0.1, -0.05) is 39.0 Å². The predicted molar refractivity (Wildman–Crippen MR) is 91.7 cm³/mol. The van der Waals surface area contributed by atoms with Crippen LogP contribution in [0.5, 0.6) is 0 Å². The molecule has 0 bridgehead atoms. The quantitative estimate of drug-likeness (QED) is 0.904. The summed E-state index contributed by atoms with van der Waals surface area (Å²) < 4.78 is 0. The van der Waals surface area contributed by atoms with Gasteiger partial charge >= 0.3 is 0 Å². The van der Waals surface area contributed by atoms with Gasteiger partial charge in [0.2, 0.25) is 0 Å². The van der Waals surface area contributed by atoms with E-state index >= 15 is 0 Å². The second-order valence-electron chi connectivity index (χ2n) is 7.38. The largest absolute Gasteiger partial charge is 0.309 e. The molecule has 2 unspecified atom stereocenters. The van der Waals surface area contributed by atoms with Gasteiger partial charge in [-0.3, -0.25) is 4.90 Å². The monoisotopic (exact) mass is 288 g/mol. The molecule has 1 N–H and O–H groups in total. The molecule has 0 aromatic heterocycles. The van der Waals surface area contributed by atoms with Gasteiger partial charge in [-0.2, -0.15) is 0 Å². The van der Waals surface area contributed by atoms with Crippen LogP contribution >= 0.6 is 0 Å². The lowest BCUT2D eigenvalue weighted by Crippen LogP contribution is -2.63. The Labute approximate surface area is 130 Å². The van der Waals surface area contributed by atoms with Gasteiger partial charge in [-0.25, -0.2) is 0 Å². The summed E-state index contributed by atoms with van der Waals surface area (Å²) in [4.78, 5) is 2.71. The minimum absolute atomic E-state index is 0.252. The van der Waals surface area contributed by atoms with E-state index in [9.17, 15) is 0 Å². The Balaban J connectivity index is 2.24.